The fraction of sp³-hybridized carbons (Fsp3) is 0.625. The molecule has 2 N–H and O–H groups in total. The Morgan fingerprint density at radius 1 is 1.00 bits per heavy atom. The van der Waals surface area contributed by atoms with Gasteiger partial charge in [0, 0.05) is 43.8 Å². The molecule has 0 unspecified atom stereocenters. The van der Waals surface area contributed by atoms with Crippen LogP contribution in [0.15, 0.2) is 24.3 Å². The fourth-order valence-electron chi connectivity index (χ4n) is 2.85. The van der Waals surface area contributed by atoms with Gasteiger partial charge in [-0.2, -0.15) is 0 Å². The molecule has 0 aliphatic carbocycles. The fourth-order valence-corrected chi connectivity index (χ4v) is 2.85. The molecule has 1 fully saturated rings. The van der Waals surface area contributed by atoms with Gasteiger partial charge in [0.25, 0.3) is 0 Å². The molecular weight excluding hydrogens is 234 g/mol. The summed E-state index contributed by atoms with van der Waals surface area (Å²) in [6, 6.07) is 8.34. The summed E-state index contributed by atoms with van der Waals surface area (Å²) in [5.74, 6) is 0. The zero-order valence-corrected chi connectivity index (χ0v) is 12.5. The summed E-state index contributed by atoms with van der Waals surface area (Å²) in [5, 5.41) is 0. The van der Waals surface area contributed by atoms with E-state index < -0.39 is 0 Å². The van der Waals surface area contributed by atoms with Gasteiger partial charge in [0.05, 0.1) is 0 Å². The second-order valence-electron chi connectivity index (χ2n) is 6.22. The Kier molecular flexibility index (Phi) is 4.48. The van der Waals surface area contributed by atoms with E-state index in [0.717, 1.165) is 12.2 Å². The quantitative estimate of drug-likeness (QED) is 0.843. The zero-order valence-electron chi connectivity index (χ0n) is 12.5. The molecule has 1 aromatic carbocycles. The summed E-state index contributed by atoms with van der Waals surface area (Å²) in [4.78, 5) is 5.11. The lowest BCUT2D eigenvalue weighted by atomic mass is 9.84. The van der Waals surface area contributed by atoms with Crippen LogP contribution in [0.25, 0.3) is 0 Å². The van der Waals surface area contributed by atoms with Crippen molar-refractivity contribution in [2.24, 2.45) is 0 Å². The Balaban J connectivity index is 1.95. The molecule has 1 aliphatic heterocycles. The Morgan fingerprint density at radius 2 is 1.53 bits per heavy atom. The molecule has 106 valence electrons. The molecule has 0 amide bonds. The number of piperazine rings is 1. The average molecular weight is 261 g/mol. The lowest BCUT2D eigenvalue weighted by Gasteiger charge is -2.38. The van der Waals surface area contributed by atoms with E-state index in [9.17, 15) is 0 Å². The van der Waals surface area contributed by atoms with Gasteiger partial charge in [0.2, 0.25) is 0 Å². The standard InChI is InChI=1S/C16H27N3/c1-4-18-9-11-19(12-10-18)13-16(2,3)14-5-7-15(17)8-6-14/h5-8H,4,9-13,17H2,1-3H3. The van der Waals surface area contributed by atoms with Gasteiger partial charge in [0.1, 0.15) is 0 Å². The second-order valence-corrected chi connectivity index (χ2v) is 6.22. The average Bonchev–Trinajstić information content (AvgIpc) is 2.40. The molecule has 3 heteroatoms. The number of likely N-dealkylation sites (N-methyl/N-ethyl adjacent to an activating group) is 1. The smallest absolute Gasteiger partial charge is 0.0314 e. The summed E-state index contributed by atoms with van der Waals surface area (Å²) in [6.07, 6.45) is 0. The maximum absolute atomic E-state index is 5.77. The molecule has 19 heavy (non-hydrogen) atoms. The number of nitrogens with zero attached hydrogens (tertiary/aromatic N) is 2. The van der Waals surface area contributed by atoms with Crippen molar-refractivity contribution in [2.45, 2.75) is 26.2 Å². The Bertz CT molecular complexity index is 389. The van der Waals surface area contributed by atoms with Crippen molar-refractivity contribution in [1.82, 2.24) is 9.80 Å². The zero-order chi connectivity index (χ0) is 13.9. The predicted molar refractivity (Wildman–Crippen MR) is 82.4 cm³/mol. The monoisotopic (exact) mass is 261 g/mol. The Labute approximate surface area is 117 Å². The highest BCUT2D eigenvalue weighted by molar-refractivity contribution is 5.41. The van der Waals surface area contributed by atoms with Crippen molar-refractivity contribution in [3.05, 3.63) is 29.8 Å². The van der Waals surface area contributed by atoms with E-state index in [4.69, 9.17) is 5.73 Å². The van der Waals surface area contributed by atoms with E-state index in [1.165, 1.54) is 38.3 Å². The van der Waals surface area contributed by atoms with E-state index in [1.54, 1.807) is 0 Å². The molecule has 0 atom stereocenters. The highest BCUT2D eigenvalue weighted by Gasteiger charge is 2.25. The number of hydrogen-bond acceptors (Lipinski definition) is 3. The van der Waals surface area contributed by atoms with Gasteiger partial charge in [-0.05, 0) is 24.2 Å². The van der Waals surface area contributed by atoms with Crippen LogP contribution in [0.2, 0.25) is 0 Å². The van der Waals surface area contributed by atoms with Gasteiger partial charge < -0.3 is 10.6 Å². The molecular formula is C16H27N3. The summed E-state index contributed by atoms with van der Waals surface area (Å²) < 4.78 is 0. The minimum atomic E-state index is 0.183. The number of nitrogens with two attached hydrogens (primary N) is 1. The van der Waals surface area contributed by atoms with E-state index >= 15 is 0 Å². The van der Waals surface area contributed by atoms with E-state index in [-0.39, 0.29) is 5.41 Å². The Hall–Kier alpha value is -1.06. The molecule has 0 bridgehead atoms. The molecule has 2 rings (SSSR count). The maximum Gasteiger partial charge on any atom is 0.0314 e. The third-order valence-corrected chi connectivity index (χ3v) is 4.22. The van der Waals surface area contributed by atoms with Gasteiger partial charge >= 0.3 is 0 Å². The first-order chi connectivity index (χ1) is 9.01. The third-order valence-electron chi connectivity index (χ3n) is 4.22. The number of anilines is 1. The van der Waals surface area contributed by atoms with Gasteiger partial charge in [-0.1, -0.05) is 32.9 Å². The van der Waals surface area contributed by atoms with Crippen LogP contribution < -0.4 is 5.73 Å². The summed E-state index contributed by atoms with van der Waals surface area (Å²) in [7, 11) is 0. The number of rotatable bonds is 4. The van der Waals surface area contributed by atoms with Crippen molar-refractivity contribution in [1.29, 1.82) is 0 Å². The first kappa shape index (κ1) is 14.4. The van der Waals surface area contributed by atoms with Crippen molar-refractivity contribution in [2.75, 3.05) is 45.0 Å². The largest absolute Gasteiger partial charge is 0.399 e. The molecule has 1 aromatic rings. The highest BCUT2D eigenvalue weighted by Crippen LogP contribution is 2.25. The summed E-state index contributed by atoms with van der Waals surface area (Å²) >= 11 is 0. The lowest BCUT2D eigenvalue weighted by Crippen LogP contribution is -2.49. The minimum absolute atomic E-state index is 0.183. The van der Waals surface area contributed by atoms with Crippen molar-refractivity contribution >= 4 is 5.69 Å². The Morgan fingerprint density at radius 3 is 2.05 bits per heavy atom. The van der Waals surface area contributed by atoms with Crippen molar-refractivity contribution < 1.29 is 0 Å². The van der Waals surface area contributed by atoms with Gasteiger partial charge in [-0.25, -0.2) is 0 Å². The van der Waals surface area contributed by atoms with Crippen LogP contribution in [0.1, 0.15) is 26.3 Å². The van der Waals surface area contributed by atoms with Gasteiger partial charge in [-0.3, -0.25) is 4.90 Å². The first-order valence-electron chi connectivity index (χ1n) is 7.32. The topological polar surface area (TPSA) is 32.5 Å². The molecule has 0 radical (unpaired) electrons. The number of nitrogen functional groups attached to an aromatic ring is 1. The van der Waals surface area contributed by atoms with E-state index in [2.05, 4.69) is 42.7 Å². The van der Waals surface area contributed by atoms with Crippen LogP contribution in [-0.2, 0) is 5.41 Å². The van der Waals surface area contributed by atoms with Crippen molar-refractivity contribution in [3.8, 4) is 0 Å². The van der Waals surface area contributed by atoms with Crippen LogP contribution in [0, 0.1) is 0 Å². The third kappa shape index (κ3) is 3.71. The lowest BCUT2D eigenvalue weighted by molar-refractivity contribution is 0.119. The first-order valence-corrected chi connectivity index (χ1v) is 7.32. The van der Waals surface area contributed by atoms with Gasteiger partial charge in [0.15, 0.2) is 0 Å². The van der Waals surface area contributed by atoms with Gasteiger partial charge in [-0.15, -0.1) is 0 Å². The van der Waals surface area contributed by atoms with Crippen LogP contribution in [0.4, 0.5) is 5.69 Å². The predicted octanol–water partition coefficient (Wildman–Crippen LogP) is 2.18. The molecule has 0 spiro atoms. The van der Waals surface area contributed by atoms with Crippen molar-refractivity contribution in [3.63, 3.8) is 0 Å². The molecule has 0 aromatic heterocycles. The van der Waals surface area contributed by atoms with Crippen LogP contribution >= 0.6 is 0 Å². The van der Waals surface area contributed by atoms with E-state index in [0.29, 0.717) is 0 Å². The summed E-state index contributed by atoms with van der Waals surface area (Å²) in [5.41, 5.74) is 8.17. The highest BCUT2D eigenvalue weighted by atomic mass is 15.3. The van der Waals surface area contributed by atoms with Crippen LogP contribution in [0.5, 0.6) is 0 Å². The maximum atomic E-state index is 5.77. The van der Waals surface area contributed by atoms with E-state index in [1.807, 2.05) is 12.1 Å². The second kappa shape index (κ2) is 5.93. The molecule has 1 heterocycles. The van der Waals surface area contributed by atoms with Crippen LogP contribution in [0.3, 0.4) is 0 Å². The number of hydrogen-bond donors (Lipinski definition) is 1. The van der Waals surface area contributed by atoms with Crippen LogP contribution in [-0.4, -0.2) is 49.1 Å². The minimum Gasteiger partial charge on any atom is -0.399 e. The molecule has 1 aliphatic rings. The summed E-state index contributed by atoms with van der Waals surface area (Å²) in [6.45, 7) is 14.0. The molecule has 0 saturated carbocycles. The molecule has 3 nitrogen and oxygen atoms in total. The number of benzene rings is 1. The normalized spacial score (nSPS) is 18.7. The molecule has 1 saturated heterocycles. The SMILES string of the molecule is CCN1CCN(CC(C)(C)c2ccc(N)cc2)CC1.